The second-order valence-corrected chi connectivity index (χ2v) is 10.9. The van der Waals surface area contributed by atoms with Crippen LogP contribution in [0.5, 0.6) is 0 Å². The molecule has 0 radical (unpaired) electrons. The third kappa shape index (κ3) is 4.07. The first-order chi connectivity index (χ1) is 10.6. The van der Waals surface area contributed by atoms with E-state index in [0.29, 0.717) is 45.6 Å². The molecule has 0 aliphatic carbocycles. The molecule has 2 saturated heterocycles. The predicted octanol–water partition coefficient (Wildman–Crippen LogP) is 0.346. The summed E-state index contributed by atoms with van der Waals surface area (Å²) in [4.78, 5) is 0. The lowest BCUT2D eigenvalue weighted by atomic mass is 9.74. The molecule has 2 aliphatic rings. The molecular weight excluding hydrogens is 340 g/mol. The number of sulfonamides is 2. The SMILES string of the molecule is CCCCS(=O)(=O)N1CCC2(COC)CN(S(C)(=O)=O)CC2C1. The van der Waals surface area contributed by atoms with E-state index in [9.17, 15) is 16.8 Å². The van der Waals surface area contributed by atoms with E-state index in [1.54, 1.807) is 11.4 Å². The molecular formula is C14H28N2O5S2. The Bertz CT molecular complexity index is 619. The van der Waals surface area contributed by atoms with Crippen LogP contribution in [0.1, 0.15) is 26.2 Å². The summed E-state index contributed by atoms with van der Waals surface area (Å²) in [6.07, 6.45) is 3.34. The molecule has 0 bridgehead atoms. The van der Waals surface area contributed by atoms with Crippen LogP contribution in [0.15, 0.2) is 0 Å². The number of rotatable bonds is 7. The van der Waals surface area contributed by atoms with Gasteiger partial charge in [-0.1, -0.05) is 13.3 Å². The van der Waals surface area contributed by atoms with Crippen LogP contribution in [-0.2, 0) is 24.8 Å². The van der Waals surface area contributed by atoms with Crippen molar-refractivity contribution in [1.29, 1.82) is 0 Å². The lowest BCUT2D eigenvalue weighted by molar-refractivity contribution is 0.0209. The monoisotopic (exact) mass is 368 g/mol. The Morgan fingerprint density at radius 2 is 1.83 bits per heavy atom. The van der Waals surface area contributed by atoms with Gasteiger partial charge in [-0.25, -0.2) is 25.4 Å². The number of unbranched alkanes of at least 4 members (excludes halogenated alkanes) is 1. The molecule has 0 spiro atoms. The zero-order valence-electron chi connectivity index (χ0n) is 14.2. The molecule has 0 saturated carbocycles. The van der Waals surface area contributed by atoms with Crippen molar-refractivity contribution < 1.29 is 21.6 Å². The molecule has 2 unspecified atom stereocenters. The Hall–Kier alpha value is -0.220. The number of ether oxygens (including phenoxy) is 1. The number of hydrogen-bond acceptors (Lipinski definition) is 5. The highest BCUT2D eigenvalue weighted by molar-refractivity contribution is 7.89. The zero-order valence-corrected chi connectivity index (χ0v) is 15.8. The first-order valence-corrected chi connectivity index (χ1v) is 11.5. The maximum absolute atomic E-state index is 12.4. The summed E-state index contributed by atoms with van der Waals surface area (Å²) in [5.41, 5.74) is -0.269. The van der Waals surface area contributed by atoms with E-state index in [4.69, 9.17) is 4.74 Å². The summed E-state index contributed by atoms with van der Waals surface area (Å²) in [6.45, 7) is 4.07. The van der Waals surface area contributed by atoms with E-state index in [1.807, 2.05) is 6.92 Å². The molecule has 2 fully saturated rings. The smallest absolute Gasteiger partial charge is 0.214 e. The van der Waals surface area contributed by atoms with Gasteiger partial charge in [0.1, 0.15) is 0 Å². The lowest BCUT2D eigenvalue weighted by Gasteiger charge is -2.42. The molecule has 2 heterocycles. The summed E-state index contributed by atoms with van der Waals surface area (Å²) in [6, 6.07) is 0. The molecule has 0 aromatic rings. The summed E-state index contributed by atoms with van der Waals surface area (Å²) < 4.78 is 57.0. The minimum absolute atomic E-state index is 0.0117. The zero-order chi connectivity index (χ0) is 17.3. The third-order valence-electron chi connectivity index (χ3n) is 5.11. The maximum atomic E-state index is 12.4. The van der Waals surface area contributed by atoms with Crippen molar-refractivity contribution >= 4 is 20.0 Å². The van der Waals surface area contributed by atoms with Gasteiger partial charge in [-0.3, -0.25) is 0 Å². The molecule has 0 aromatic heterocycles. The number of methoxy groups -OCH3 is 1. The molecule has 9 heteroatoms. The van der Waals surface area contributed by atoms with Crippen molar-refractivity contribution in [2.24, 2.45) is 11.3 Å². The lowest BCUT2D eigenvalue weighted by Crippen LogP contribution is -2.51. The van der Waals surface area contributed by atoms with Crippen molar-refractivity contribution in [2.45, 2.75) is 26.2 Å². The topological polar surface area (TPSA) is 84.0 Å². The van der Waals surface area contributed by atoms with Gasteiger partial charge in [-0.05, 0) is 18.8 Å². The fourth-order valence-corrected chi connectivity index (χ4v) is 6.32. The van der Waals surface area contributed by atoms with Crippen LogP contribution in [0.4, 0.5) is 0 Å². The van der Waals surface area contributed by atoms with Crippen LogP contribution >= 0.6 is 0 Å². The number of nitrogens with zero attached hydrogens (tertiary/aromatic N) is 2. The Balaban J connectivity index is 2.18. The Morgan fingerprint density at radius 3 is 2.39 bits per heavy atom. The number of piperidine rings is 1. The highest BCUT2D eigenvalue weighted by atomic mass is 32.2. The quantitative estimate of drug-likeness (QED) is 0.647. The Kier molecular flexibility index (Phi) is 5.78. The minimum Gasteiger partial charge on any atom is -0.384 e. The van der Waals surface area contributed by atoms with Gasteiger partial charge in [0.05, 0.1) is 18.6 Å². The second-order valence-electron chi connectivity index (χ2n) is 6.83. The van der Waals surface area contributed by atoms with Crippen LogP contribution in [0.3, 0.4) is 0 Å². The van der Waals surface area contributed by atoms with Crippen LogP contribution in [0.25, 0.3) is 0 Å². The Morgan fingerprint density at radius 1 is 1.17 bits per heavy atom. The molecule has 7 nitrogen and oxygen atoms in total. The molecule has 0 N–H and O–H groups in total. The summed E-state index contributed by atoms with van der Waals surface area (Å²) in [5, 5.41) is 0. The van der Waals surface area contributed by atoms with Gasteiger partial charge < -0.3 is 4.74 Å². The average molecular weight is 369 g/mol. The van der Waals surface area contributed by atoms with Crippen molar-refractivity contribution in [3.05, 3.63) is 0 Å². The summed E-state index contributed by atoms with van der Waals surface area (Å²) in [5.74, 6) is 0.158. The molecule has 136 valence electrons. The van der Waals surface area contributed by atoms with Crippen LogP contribution in [-0.4, -0.2) is 77.4 Å². The highest BCUT2D eigenvalue weighted by Crippen LogP contribution is 2.44. The fourth-order valence-electron chi connectivity index (χ4n) is 3.69. The van der Waals surface area contributed by atoms with Crippen LogP contribution in [0, 0.1) is 11.3 Å². The van der Waals surface area contributed by atoms with Gasteiger partial charge in [-0.15, -0.1) is 0 Å². The highest BCUT2D eigenvalue weighted by Gasteiger charge is 2.52. The summed E-state index contributed by atoms with van der Waals surface area (Å²) >= 11 is 0. The molecule has 2 aliphatic heterocycles. The minimum atomic E-state index is -3.27. The van der Waals surface area contributed by atoms with Gasteiger partial charge >= 0.3 is 0 Å². The van der Waals surface area contributed by atoms with E-state index in [2.05, 4.69) is 0 Å². The average Bonchev–Trinajstić information content (AvgIpc) is 2.84. The van der Waals surface area contributed by atoms with Gasteiger partial charge in [-0.2, -0.15) is 0 Å². The van der Waals surface area contributed by atoms with Gasteiger partial charge in [0.15, 0.2) is 0 Å². The van der Waals surface area contributed by atoms with Crippen molar-refractivity contribution in [3.8, 4) is 0 Å². The molecule has 0 amide bonds. The largest absolute Gasteiger partial charge is 0.384 e. The second kappa shape index (κ2) is 6.95. The standard InChI is InChI=1S/C14H28N2O5S2/c1-4-5-8-23(19,20)15-7-6-14(12-21-2)11-16(22(3,17)18)10-13(14)9-15/h13H,4-12H2,1-3H3. The van der Waals surface area contributed by atoms with E-state index in [-0.39, 0.29) is 17.1 Å². The third-order valence-corrected chi connectivity index (χ3v) is 8.25. The summed E-state index contributed by atoms with van der Waals surface area (Å²) in [7, 11) is -4.92. The van der Waals surface area contributed by atoms with Crippen molar-refractivity contribution in [1.82, 2.24) is 8.61 Å². The maximum Gasteiger partial charge on any atom is 0.214 e. The van der Waals surface area contributed by atoms with Crippen LogP contribution in [0.2, 0.25) is 0 Å². The van der Waals surface area contributed by atoms with E-state index < -0.39 is 20.0 Å². The van der Waals surface area contributed by atoms with Crippen molar-refractivity contribution in [3.63, 3.8) is 0 Å². The molecule has 2 rings (SSSR count). The van der Waals surface area contributed by atoms with Crippen molar-refractivity contribution in [2.75, 3.05) is 51.9 Å². The molecule has 23 heavy (non-hydrogen) atoms. The molecule has 2 atom stereocenters. The van der Waals surface area contributed by atoms with Gasteiger partial charge in [0.2, 0.25) is 20.0 Å². The predicted molar refractivity (Wildman–Crippen MR) is 89.1 cm³/mol. The van der Waals surface area contributed by atoms with E-state index >= 15 is 0 Å². The fraction of sp³-hybridized carbons (Fsp3) is 1.00. The van der Waals surface area contributed by atoms with Gasteiger partial charge in [0.25, 0.3) is 0 Å². The first-order valence-electron chi connectivity index (χ1n) is 8.06. The van der Waals surface area contributed by atoms with Gasteiger partial charge in [0, 0.05) is 38.7 Å². The van der Waals surface area contributed by atoms with E-state index in [1.165, 1.54) is 10.6 Å². The molecule has 0 aromatic carbocycles. The Labute approximate surface area is 140 Å². The number of fused-ring (bicyclic) bond motifs is 1. The van der Waals surface area contributed by atoms with E-state index in [0.717, 1.165) is 6.42 Å². The number of hydrogen-bond donors (Lipinski definition) is 0. The first kappa shape index (κ1) is 19.1. The normalized spacial score (nSPS) is 30.5. The van der Waals surface area contributed by atoms with Crippen LogP contribution < -0.4 is 0 Å².